The highest BCUT2D eigenvalue weighted by atomic mass is 35.5. The van der Waals surface area contributed by atoms with E-state index >= 15 is 0 Å². The fourth-order valence-electron chi connectivity index (χ4n) is 2.78. The van der Waals surface area contributed by atoms with Gasteiger partial charge >= 0.3 is 0 Å². The summed E-state index contributed by atoms with van der Waals surface area (Å²) in [5.74, 6) is 1.10. The van der Waals surface area contributed by atoms with E-state index in [1.807, 2.05) is 48.9 Å². The lowest BCUT2D eigenvalue weighted by Crippen LogP contribution is -2.12. The van der Waals surface area contributed by atoms with Crippen molar-refractivity contribution in [3.8, 4) is 5.75 Å². The van der Waals surface area contributed by atoms with E-state index in [9.17, 15) is 0 Å². The Morgan fingerprint density at radius 1 is 1.12 bits per heavy atom. The fourth-order valence-corrected chi connectivity index (χ4v) is 3.34. The molecule has 0 saturated carbocycles. The van der Waals surface area contributed by atoms with Crippen LogP contribution in [0.5, 0.6) is 5.75 Å². The van der Waals surface area contributed by atoms with Crippen LogP contribution in [-0.4, -0.2) is 16.2 Å². The average Bonchev–Trinajstić information content (AvgIpc) is 3.09. The summed E-state index contributed by atoms with van der Waals surface area (Å²) in [6.45, 7) is 3.47. The van der Waals surface area contributed by atoms with Crippen LogP contribution in [0.1, 0.15) is 23.5 Å². The van der Waals surface area contributed by atoms with Crippen LogP contribution >= 0.6 is 23.2 Å². The highest BCUT2D eigenvalue weighted by molar-refractivity contribution is 6.35. The first-order valence-electron chi connectivity index (χ1n) is 8.22. The lowest BCUT2D eigenvalue weighted by Gasteiger charge is -2.20. The zero-order valence-electron chi connectivity index (χ0n) is 14.0. The van der Waals surface area contributed by atoms with Crippen molar-refractivity contribution in [3.63, 3.8) is 0 Å². The fraction of sp³-hybridized carbons (Fsp3) is 0.250. The molecule has 0 aliphatic heterocycles. The molecule has 5 heteroatoms. The van der Waals surface area contributed by atoms with Crippen molar-refractivity contribution >= 4 is 23.2 Å². The van der Waals surface area contributed by atoms with Gasteiger partial charge in [0, 0.05) is 34.9 Å². The van der Waals surface area contributed by atoms with Gasteiger partial charge < -0.3 is 9.30 Å². The minimum Gasteiger partial charge on any atom is -0.494 e. The summed E-state index contributed by atoms with van der Waals surface area (Å²) < 4.78 is 7.96. The van der Waals surface area contributed by atoms with E-state index in [1.54, 1.807) is 12.3 Å². The Morgan fingerprint density at radius 3 is 2.60 bits per heavy atom. The van der Waals surface area contributed by atoms with Gasteiger partial charge in [-0.3, -0.25) is 0 Å². The van der Waals surface area contributed by atoms with Crippen LogP contribution in [0.15, 0.2) is 61.2 Å². The highest BCUT2D eigenvalue weighted by Crippen LogP contribution is 2.31. The quantitative estimate of drug-likeness (QED) is 0.526. The van der Waals surface area contributed by atoms with Gasteiger partial charge in [-0.25, -0.2) is 4.98 Å². The highest BCUT2D eigenvalue weighted by Gasteiger charge is 2.16. The smallest absolute Gasteiger partial charge is 0.119 e. The van der Waals surface area contributed by atoms with Crippen molar-refractivity contribution in [2.75, 3.05) is 6.61 Å². The molecule has 0 bridgehead atoms. The van der Waals surface area contributed by atoms with Crippen LogP contribution in [0.25, 0.3) is 0 Å². The summed E-state index contributed by atoms with van der Waals surface area (Å²) in [5.41, 5.74) is 2.30. The van der Waals surface area contributed by atoms with Crippen LogP contribution in [0.3, 0.4) is 0 Å². The van der Waals surface area contributed by atoms with E-state index in [2.05, 4.69) is 16.5 Å². The number of benzene rings is 2. The molecule has 1 heterocycles. The topological polar surface area (TPSA) is 27.1 Å². The Morgan fingerprint density at radius 2 is 1.92 bits per heavy atom. The van der Waals surface area contributed by atoms with Gasteiger partial charge in [0.05, 0.1) is 12.9 Å². The number of imidazole rings is 1. The van der Waals surface area contributed by atoms with Gasteiger partial charge in [-0.05, 0) is 43.2 Å². The molecule has 1 unspecified atom stereocenters. The Labute approximate surface area is 158 Å². The SMILES string of the molecule is Cc1ccc(OCCC(Cn2ccnc2)c2ccc(Cl)cc2Cl)cc1. The Hall–Kier alpha value is -1.97. The maximum absolute atomic E-state index is 6.43. The number of hydrogen-bond donors (Lipinski definition) is 0. The molecule has 3 rings (SSSR count). The second-order valence-electron chi connectivity index (χ2n) is 6.07. The summed E-state index contributed by atoms with van der Waals surface area (Å²) >= 11 is 12.5. The maximum Gasteiger partial charge on any atom is 0.119 e. The van der Waals surface area contributed by atoms with E-state index in [1.165, 1.54) is 5.56 Å². The predicted octanol–water partition coefficient (Wildman–Crippen LogP) is 5.75. The molecule has 1 aromatic heterocycles. The third kappa shape index (κ3) is 5.00. The molecule has 3 nitrogen and oxygen atoms in total. The molecule has 25 heavy (non-hydrogen) atoms. The number of nitrogens with zero attached hydrogens (tertiary/aromatic N) is 2. The number of halogens is 2. The second-order valence-corrected chi connectivity index (χ2v) is 6.92. The molecular weight excluding hydrogens is 355 g/mol. The molecule has 0 aliphatic carbocycles. The van der Waals surface area contributed by atoms with Crippen LogP contribution in [0.4, 0.5) is 0 Å². The van der Waals surface area contributed by atoms with Crippen molar-refractivity contribution < 1.29 is 4.74 Å². The van der Waals surface area contributed by atoms with Crippen molar-refractivity contribution in [2.45, 2.75) is 25.8 Å². The molecule has 0 N–H and O–H groups in total. The zero-order chi connectivity index (χ0) is 17.6. The maximum atomic E-state index is 6.43. The van der Waals surface area contributed by atoms with Crippen molar-refractivity contribution in [1.82, 2.24) is 9.55 Å². The predicted molar refractivity (Wildman–Crippen MR) is 103 cm³/mol. The molecule has 3 aromatic rings. The first-order valence-corrected chi connectivity index (χ1v) is 8.97. The molecule has 0 saturated heterocycles. The Bertz CT molecular complexity index is 801. The van der Waals surface area contributed by atoms with E-state index in [0.717, 1.165) is 24.3 Å². The summed E-state index contributed by atoms with van der Waals surface area (Å²) in [6, 6.07) is 13.8. The second kappa shape index (κ2) is 8.41. The van der Waals surface area contributed by atoms with E-state index < -0.39 is 0 Å². The molecule has 0 aliphatic rings. The largest absolute Gasteiger partial charge is 0.494 e. The first kappa shape index (κ1) is 17.8. The number of hydrogen-bond acceptors (Lipinski definition) is 2. The van der Waals surface area contributed by atoms with Crippen molar-refractivity contribution in [2.24, 2.45) is 0 Å². The molecule has 0 spiro atoms. The normalized spacial score (nSPS) is 12.1. The molecule has 0 amide bonds. The van der Waals surface area contributed by atoms with Gasteiger partial charge in [-0.2, -0.15) is 0 Å². The Balaban J connectivity index is 1.70. The van der Waals surface area contributed by atoms with Crippen molar-refractivity contribution in [1.29, 1.82) is 0 Å². The number of rotatable bonds is 7. The molecule has 1 atom stereocenters. The summed E-state index contributed by atoms with van der Waals surface area (Å²) in [6.07, 6.45) is 6.39. The van der Waals surface area contributed by atoms with Gasteiger partial charge in [0.2, 0.25) is 0 Å². The molecule has 0 fully saturated rings. The molecule has 2 aromatic carbocycles. The monoisotopic (exact) mass is 374 g/mol. The summed E-state index contributed by atoms with van der Waals surface area (Å²) in [7, 11) is 0. The minimum absolute atomic E-state index is 0.212. The number of aryl methyl sites for hydroxylation is 1. The van der Waals surface area contributed by atoms with Crippen LogP contribution in [0.2, 0.25) is 10.0 Å². The lowest BCUT2D eigenvalue weighted by atomic mass is 9.95. The lowest BCUT2D eigenvalue weighted by molar-refractivity contribution is 0.291. The average molecular weight is 375 g/mol. The molecule has 0 radical (unpaired) electrons. The third-order valence-electron chi connectivity index (χ3n) is 4.15. The van der Waals surface area contributed by atoms with Crippen LogP contribution in [-0.2, 0) is 6.54 Å². The van der Waals surface area contributed by atoms with Crippen LogP contribution in [0, 0.1) is 6.92 Å². The standard InChI is InChI=1S/C20H20Cl2N2O/c1-15-2-5-18(6-3-15)25-11-8-16(13-24-10-9-23-14-24)19-7-4-17(21)12-20(19)22/h2-7,9-10,12,14,16H,8,11,13H2,1H3. The van der Waals surface area contributed by atoms with E-state index in [4.69, 9.17) is 27.9 Å². The number of aromatic nitrogens is 2. The van der Waals surface area contributed by atoms with Crippen LogP contribution < -0.4 is 4.74 Å². The van der Waals surface area contributed by atoms with E-state index in [-0.39, 0.29) is 5.92 Å². The zero-order valence-corrected chi connectivity index (χ0v) is 15.5. The van der Waals surface area contributed by atoms with Gasteiger partial charge in [0.1, 0.15) is 5.75 Å². The number of ether oxygens (including phenoxy) is 1. The summed E-state index contributed by atoms with van der Waals surface area (Å²) in [4.78, 5) is 4.12. The van der Waals surface area contributed by atoms with Gasteiger partial charge in [0.25, 0.3) is 0 Å². The molecule has 130 valence electrons. The van der Waals surface area contributed by atoms with Gasteiger partial charge in [-0.1, -0.05) is 47.0 Å². The van der Waals surface area contributed by atoms with E-state index in [0.29, 0.717) is 16.7 Å². The third-order valence-corrected chi connectivity index (χ3v) is 4.71. The molecular formula is C20H20Cl2N2O. The minimum atomic E-state index is 0.212. The van der Waals surface area contributed by atoms with Crippen molar-refractivity contribution in [3.05, 3.63) is 82.4 Å². The summed E-state index contributed by atoms with van der Waals surface area (Å²) in [5, 5.41) is 1.33. The van der Waals surface area contributed by atoms with Gasteiger partial charge in [0.15, 0.2) is 0 Å². The Kier molecular flexibility index (Phi) is 6.00. The van der Waals surface area contributed by atoms with Gasteiger partial charge in [-0.15, -0.1) is 0 Å². The first-order chi connectivity index (χ1) is 12.1.